The van der Waals surface area contributed by atoms with Crippen LogP contribution in [-0.2, 0) is 5.41 Å². The fourth-order valence-electron chi connectivity index (χ4n) is 2.61. The third-order valence-corrected chi connectivity index (χ3v) is 4.73. The van der Waals surface area contributed by atoms with E-state index in [0.29, 0.717) is 11.5 Å². The Hall–Kier alpha value is -1.85. The van der Waals surface area contributed by atoms with Gasteiger partial charge in [0.05, 0.1) is 12.5 Å². The molecule has 3 nitrogen and oxygen atoms in total. The summed E-state index contributed by atoms with van der Waals surface area (Å²) in [5, 5.41) is 9.45. The van der Waals surface area contributed by atoms with Gasteiger partial charge >= 0.3 is 0 Å². The number of alkyl halides is 3. The zero-order chi connectivity index (χ0) is 19.9. The van der Waals surface area contributed by atoms with E-state index in [1.54, 1.807) is 12.1 Å². The molecule has 0 saturated carbocycles. The van der Waals surface area contributed by atoms with Gasteiger partial charge in [-0.25, -0.2) is 8.78 Å². The molecule has 0 aliphatic rings. The van der Waals surface area contributed by atoms with Crippen molar-refractivity contribution < 1.29 is 23.4 Å². The minimum atomic E-state index is -2.35. The van der Waals surface area contributed by atoms with E-state index in [9.17, 15) is 13.9 Å². The Balaban J connectivity index is 2.02. The van der Waals surface area contributed by atoms with Gasteiger partial charge in [-0.1, -0.05) is 38.1 Å². The number of ether oxygens (including phenoxy) is 2. The van der Waals surface area contributed by atoms with Crippen molar-refractivity contribution in [3.63, 3.8) is 0 Å². The highest BCUT2D eigenvalue weighted by Gasteiger charge is 2.23. The molecule has 0 saturated heterocycles. The van der Waals surface area contributed by atoms with Gasteiger partial charge in [-0.15, -0.1) is 11.6 Å². The number of rotatable bonds is 10. The Labute approximate surface area is 163 Å². The first kappa shape index (κ1) is 21.5. The van der Waals surface area contributed by atoms with E-state index < -0.39 is 12.5 Å². The van der Waals surface area contributed by atoms with Crippen molar-refractivity contribution in [2.75, 3.05) is 19.1 Å². The topological polar surface area (TPSA) is 38.7 Å². The van der Waals surface area contributed by atoms with E-state index in [-0.39, 0.29) is 30.9 Å². The van der Waals surface area contributed by atoms with Crippen molar-refractivity contribution in [3.8, 4) is 11.5 Å². The molecule has 0 amide bonds. The average molecular weight is 399 g/mol. The second-order valence-corrected chi connectivity index (χ2v) is 7.13. The molecule has 0 aliphatic carbocycles. The standard InChI is InChI=1S/C21H25ClF2O3/c1-21(2,15-3-7-18(8-4-15)26-12-11-20(23)24)16-5-9-19(10-6-16)27-14-17(25)13-22/h3-10,17,20,25H,11-14H2,1-2H3/t17-/m0/s1. The van der Waals surface area contributed by atoms with Gasteiger partial charge in [-0.2, -0.15) is 0 Å². The molecule has 0 radical (unpaired) electrons. The molecule has 27 heavy (non-hydrogen) atoms. The van der Waals surface area contributed by atoms with Crippen LogP contribution in [0.3, 0.4) is 0 Å². The van der Waals surface area contributed by atoms with E-state index in [2.05, 4.69) is 13.8 Å². The predicted molar refractivity (Wildman–Crippen MR) is 103 cm³/mol. The van der Waals surface area contributed by atoms with Crippen LogP contribution in [0.4, 0.5) is 8.78 Å². The number of aliphatic hydroxyl groups excluding tert-OH is 1. The zero-order valence-electron chi connectivity index (χ0n) is 15.5. The fourth-order valence-corrected chi connectivity index (χ4v) is 2.69. The third kappa shape index (κ3) is 6.36. The minimum Gasteiger partial charge on any atom is -0.493 e. The molecule has 1 atom stereocenters. The molecule has 6 heteroatoms. The molecular weight excluding hydrogens is 374 g/mol. The number of benzene rings is 2. The lowest BCUT2D eigenvalue weighted by atomic mass is 9.78. The average Bonchev–Trinajstić information content (AvgIpc) is 2.66. The molecule has 0 aromatic heterocycles. The Morgan fingerprint density at radius 3 is 1.85 bits per heavy atom. The number of hydrogen-bond donors (Lipinski definition) is 1. The van der Waals surface area contributed by atoms with Crippen molar-refractivity contribution in [3.05, 3.63) is 59.7 Å². The van der Waals surface area contributed by atoms with E-state index in [4.69, 9.17) is 21.1 Å². The first-order valence-electron chi connectivity index (χ1n) is 8.81. The molecule has 2 rings (SSSR count). The highest BCUT2D eigenvalue weighted by molar-refractivity contribution is 6.18. The maximum atomic E-state index is 12.2. The lowest BCUT2D eigenvalue weighted by molar-refractivity contribution is 0.114. The molecule has 148 valence electrons. The maximum Gasteiger partial charge on any atom is 0.241 e. The smallest absolute Gasteiger partial charge is 0.241 e. The second kappa shape index (κ2) is 9.90. The first-order valence-corrected chi connectivity index (χ1v) is 9.35. The Kier molecular flexibility index (Phi) is 7.87. The predicted octanol–water partition coefficient (Wildman–Crippen LogP) is 5.03. The Bertz CT molecular complexity index is 688. The van der Waals surface area contributed by atoms with Crippen LogP contribution in [0.15, 0.2) is 48.5 Å². The van der Waals surface area contributed by atoms with Crippen molar-refractivity contribution in [1.29, 1.82) is 0 Å². The highest BCUT2D eigenvalue weighted by atomic mass is 35.5. The molecule has 0 heterocycles. The first-order chi connectivity index (χ1) is 12.8. The summed E-state index contributed by atoms with van der Waals surface area (Å²) < 4.78 is 35.2. The van der Waals surface area contributed by atoms with Crippen LogP contribution in [0.2, 0.25) is 0 Å². The van der Waals surface area contributed by atoms with Crippen molar-refractivity contribution in [2.24, 2.45) is 0 Å². The van der Waals surface area contributed by atoms with Crippen molar-refractivity contribution in [1.82, 2.24) is 0 Å². The summed E-state index contributed by atoms with van der Waals surface area (Å²) >= 11 is 5.55. The summed E-state index contributed by atoms with van der Waals surface area (Å²) in [4.78, 5) is 0. The summed E-state index contributed by atoms with van der Waals surface area (Å²) in [6, 6.07) is 15.2. The van der Waals surface area contributed by atoms with Gasteiger partial charge in [-0.05, 0) is 35.4 Å². The third-order valence-electron chi connectivity index (χ3n) is 4.38. The molecule has 0 spiro atoms. The molecule has 0 aliphatic heterocycles. The summed E-state index contributed by atoms with van der Waals surface area (Å²) in [5.41, 5.74) is 1.92. The maximum absolute atomic E-state index is 12.2. The van der Waals surface area contributed by atoms with Crippen LogP contribution in [0.5, 0.6) is 11.5 Å². The SMILES string of the molecule is CC(C)(c1ccc(OCCC(F)F)cc1)c1ccc(OC[C@@H](O)CCl)cc1. The Morgan fingerprint density at radius 1 is 0.926 bits per heavy atom. The van der Waals surface area contributed by atoms with E-state index in [0.717, 1.165) is 11.1 Å². The Morgan fingerprint density at radius 2 is 1.41 bits per heavy atom. The van der Waals surface area contributed by atoms with Crippen LogP contribution in [-0.4, -0.2) is 36.7 Å². The molecule has 0 bridgehead atoms. The lowest BCUT2D eigenvalue weighted by Crippen LogP contribution is -2.20. The second-order valence-electron chi connectivity index (χ2n) is 6.82. The van der Waals surface area contributed by atoms with Crippen LogP contribution in [0.25, 0.3) is 0 Å². The van der Waals surface area contributed by atoms with Crippen LogP contribution in [0.1, 0.15) is 31.4 Å². The van der Waals surface area contributed by atoms with Gasteiger partial charge in [0.1, 0.15) is 24.2 Å². The van der Waals surface area contributed by atoms with Gasteiger partial charge in [0.15, 0.2) is 0 Å². The summed E-state index contributed by atoms with van der Waals surface area (Å²) in [7, 11) is 0. The molecule has 0 fully saturated rings. The van der Waals surface area contributed by atoms with E-state index >= 15 is 0 Å². The van der Waals surface area contributed by atoms with Crippen LogP contribution >= 0.6 is 11.6 Å². The monoisotopic (exact) mass is 398 g/mol. The number of hydrogen-bond acceptors (Lipinski definition) is 3. The normalized spacial score (nSPS) is 12.9. The fraction of sp³-hybridized carbons (Fsp3) is 0.429. The van der Waals surface area contributed by atoms with Crippen LogP contribution in [0, 0.1) is 0 Å². The number of halogens is 3. The minimum absolute atomic E-state index is 0.000282. The summed E-state index contributed by atoms with van der Waals surface area (Å²) in [5.74, 6) is 1.38. The van der Waals surface area contributed by atoms with Crippen molar-refractivity contribution >= 4 is 11.6 Å². The molecule has 2 aromatic carbocycles. The molecule has 1 N–H and O–H groups in total. The van der Waals surface area contributed by atoms with Gasteiger partial charge < -0.3 is 14.6 Å². The van der Waals surface area contributed by atoms with Gasteiger partial charge in [0.2, 0.25) is 6.43 Å². The van der Waals surface area contributed by atoms with Gasteiger partial charge in [0, 0.05) is 11.8 Å². The van der Waals surface area contributed by atoms with E-state index in [1.165, 1.54) is 0 Å². The molecule has 2 aromatic rings. The van der Waals surface area contributed by atoms with Gasteiger partial charge in [0.25, 0.3) is 0 Å². The lowest BCUT2D eigenvalue weighted by Gasteiger charge is -2.26. The quantitative estimate of drug-likeness (QED) is 0.571. The highest BCUT2D eigenvalue weighted by Crippen LogP contribution is 2.33. The van der Waals surface area contributed by atoms with E-state index in [1.807, 2.05) is 36.4 Å². The largest absolute Gasteiger partial charge is 0.493 e. The summed E-state index contributed by atoms with van der Waals surface area (Å²) in [6.07, 6.45) is -3.32. The summed E-state index contributed by atoms with van der Waals surface area (Å²) in [6.45, 7) is 4.36. The molecule has 0 unspecified atom stereocenters. The molecular formula is C21H25ClF2O3. The number of aliphatic hydroxyl groups is 1. The zero-order valence-corrected chi connectivity index (χ0v) is 16.3. The van der Waals surface area contributed by atoms with Crippen LogP contribution < -0.4 is 9.47 Å². The van der Waals surface area contributed by atoms with Crippen molar-refractivity contribution in [2.45, 2.75) is 38.2 Å². The van der Waals surface area contributed by atoms with Gasteiger partial charge in [-0.3, -0.25) is 0 Å².